The molecular formula is C20H17IN2S. The first-order chi connectivity index (χ1) is 11.7. The predicted molar refractivity (Wildman–Crippen MR) is 112 cm³/mol. The van der Waals surface area contributed by atoms with Crippen molar-refractivity contribution in [1.82, 2.24) is 9.36 Å². The van der Waals surface area contributed by atoms with E-state index in [9.17, 15) is 0 Å². The van der Waals surface area contributed by atoms with Crippen molar-refractivity contribution in [2.75, 3.05) is 0 Å². The Labute approximate surface area is 159 Å². The molecule has 0 amide bonds. The molecule has 0 aliphatic carbocycles. The van der Waals surface area contributed by atoms with E-state index >= 15 is 0 Å². The van der Waals surface area contributed by atoms with Crippen molar-refractivity contribution in [2.24, 2.45) is 0 Å². The lowest BCUT2D eigenvalue weighted by Gasteiger charge is -2.10. The number of H-pyrrole nitrogens is 1. The molecule has 4 aromatic rings. The minimum atomic E-state index is 1.05. The molecule has 0 radical (unpaired) electrons. The highest BCUT2D eigenvalue weighted by Crippen LogP contribution is 2.38. The van der Waals surface area contributed by atoms with Gasteiger partial charge in [-0.1, -0.05) is 13.0 Å². The van der Waals surface area contributed by atoms with Crippen molar-refractivity contribution in [3.05, 3.63) is 63.5 Å². The minimum absolute atomic E-state index is 1.05. The second-order valence-electron chi connectivity index (χ2n) is 5.97. The van der Waals surface area contributed by atoms with Gasteiger partial charge in [-0.2, -0.15) is 4.37 Å². The van der Waals surface area contributed by atoms with Crippen LogP contribution in [0.4, 0.5) is 0 Å². The fourth-order valence-corrected chi connectivity index (χ4v) is 4.55. The number of hydrogen-bond acceptors (Lipinski definition) is 2. The van der Waals surface area contributed by atoms with Crippen molar-refractivity contribution < 1.29 is 0 Å². The first-order valence-electron chi connectivity index (χ1n) is 7.99. The van der Waals surface area contributed by atoms with Gasteiger partial charge in [-0.3, -0.25) is 0 Å². The number of nitrogens with zero attached hydrogens (tertiary/aromatic N) is 1. The Bertz CT molecular complexity index is 1030. The van der Waals surface area contributed by atoms with Gasteiger partial charge in [-0.25, -0.2) is 0 Å². The number of nitrogens with one attached hydrogen (secondary N) is 1. The third-order valence-electron chi connectivity index (χ3n) is 4.41. The molecule has 0 fully saturated rings. The largest absolute Gasteiger partial charge is 0.361 e. The Balaban J connectivity index is 1.87. The highest BCUT2D eigenvalue weighted by Gasteiger charge is 2.14. The van der Waals surface area contributed by atoms with Crippen LogP contribution in [0.25, 0.3) is 32.5 Å². The summed E-state index contributed by atoms with van der Waals surface area (Å²) in [5.41, 5.74) is 7.63. The zero-order chi connectivity index (χ0) is 16.7. The van der Waals surface area contributed by atoms with Crippen molar-refractivity contribution >= 4 is 45.0 Å². The molecule has 0 unspecified atom stereocenters. The normalized spacial score (nSPS) is 11.3. The summed E-state index contributed by atoms with van der Waals surface area (Å²) in [6, 6.07) is 13.3. The van der Waals surface area contributed by atoms with Gasteiger partial charge in [0.2, 0.25) is 0 Å². The molecule has 24 heavy (non-hydrogen) atoms. The van der Waals surface area contributed by atoms with Gasteiger partial charge >= 0.3 is 0 Å². The maximum absolute atomic E-state index is 4.48. The predicted octanol–water partition coefficient (Wildman–Crippen LogP) is 6.43. The summed E-state index contributed by atoms with van der Waals surface area (Å²) in [5.74, 6) is 0. The number of halogens is 1. The molecule has 1 N–H and O–H groups in total. The Morgan fingerprint density at radius 1 is 1.12 bits per heavy atom. The molecule has 2 nitrogen and oxygen atoms in total. The maximum Gasteiger partial charge on any atom is 0.0628 e. The molecule has 0 bridgehead atoms. The van der Waals surface area contributed by atoms with Crippen molar-refractivity contribution in [1.29, 1.82) is 0 Å². The average Bonchev–Trinajstić information content (AvgIpc) is 3.25. The highest BCUT2D eigenvalue weighted by molar-refractivity contribution is 14.1. The fourth-order valence-electron chi connectivity index (χ4n) is 3.11. The van der Waals surface area contributed by atoms with Gasteiger partial charge in [0, 0.05) is 27.0 Å². The number of hydrogen-bond donors (Lipinski definition) is 1. The van der Waals surface area contributed by atoms with E-state index in [-0.39, 0.29) is 0 Å². The molecule has 0 aliphatic rings. The van der Waals surface area contributed by atoms with Crippen LogP contribution in [-0.4, -0.2) is 9.36 Å². The number of fused-ring (bicyclic) bond motifs is 1. The topological polar surface area (TPSA) is 28.7 Å². The van der Waals surface area contributed by atoms with Crippen molar-refractivity contribution in [3.8, 4) is 21.6 Å². The van der Waals surface area contributed by atoms with Crippen LogP contribution < -0.4 is 0 Å². The monoisotopic (exact) mass is 444 g/mol. The van der Waals surface area contributed by atoms with E-state index in [1.807, 2.05) is 12.4 Å². The van der Waals surface area contributed by atoms with E-state index in [0.717, 1.165) is 6.42 Å². The SMILES string of the molecule is CCc1cc(-c2sncc2-c2ccc3[nH]ccc3c2)cc(C)c1I. The van der Waals surface area contributed by atoms with E-state index < -0.39 is 0 Å². The van der Waals surface area contributed by atoms with Gasteiger partial charge in [0.25, 0.3) is 0 Å². The first-order valence-corrected chi connectivity index (χ1v) is 9.84. The van der Waals surface area contributed by atoms with Crippen LogP contribution in [0.3, 0.4) is 0 Å². The van der Waals surface area contributed by atoms with E-state index in [2.05, 4.69) is 82.2 Å². The summed E-state index contributed by atoms with van der Waals surface area (Å²) in [6.45, 7) is 4.41. The van der Waals surface area contributed by atoms with Crippen LogP contribution in [0, 0.1) is 10.5 Å². The van der Waals surface area contributed by atoms with Crippen molar-refractivity contribution in [2.45, 2.75) is 20.3 Å². The smallest absolute Gasteiger partial charge is 0.0628 e. The van der Waals surface area contributed by atoms with E-state index in [0.29, 0.717) is 0 Å². The molecule has 0 spiro atoms. The molecule has 0 atom stereocenters. The molecule has 2 aromatic heterocycles. The quantitative estimate of drug-likeness (QED) is 0.362. The van der Waals surface area contributed by atoms with E-state index in [1.165, 1.54) is 47.2 Å². The summed E-state index contributed by atoms with van der Waals surface area (Å²) >= 11 is 4.03. The van der Waals surface area contributed by atoms with Crippen molar-refractivity contribution in [3.63, 3.8) is 0 Å². The van der Waals surface area contributed by atoms with Gasteiger partial charge in [-0.05, 0) is 105 Å². The zero-order valence-corrected chi connectivity index (χ0v) is 16.5. The summed E-state index contributed by atoms with van der Waals surface area (Å²) in [4.78, 5) is 4.50. The molecule has 0 aliphatic heterocycles. The third kappa shape index (κ3) is 2.67. The number of aromatic nitrogens is 2. The average molecular weight is 444 g/mol. The van der Waals surface area contributed by atoms with Gasteiger partial charge in [0.1, 0.15) is 0 Å². The summed E-state index contributed by atoms with van der Waals surface area (Å²) < 4.78 is 5.86. The Morgan fingerprint density at radius 2 is 2.00 bits per heavy atom. The van der Waals surface area contributed by atoms with Gasteiger partial charge in [0.05, 0.1) is 4.88 Å². The number of aromatic amines is 1. The van der Waals surface area contributed by atoms with Crippen LogP contribution in [-0.2, 0) is 6.42 Å². The maximum atomic E-state index is 4.48. The van der Waals surface area contributed by atoms with Crippen LogP contribution in [0.1, 0.15) is 18.1 Å². The van der Waals surface area contributed by atoms with E-state index in [4.69, 9.17) is 0 Å². The van der Waals surface area contributed by atoms with Crippen LogP contribution in [0.2, 0.25) is 0 Å². The Kier molecular flexibility index (Phi) is 4.18. The molecule has 4 heteroatoms. The lowest BCUT2D eigenvalue weighted by molar-refractivity contribution is 1.12. The minimum Gasteiger partial charge on any atom is -0.361 e. The molecule has 120 valence electrons. The number of rotatable bonds is 3. The van der Waals surface area contributed by atoms with Gasteiger partial charge in [0.15, 0.2) is 0 Å². The molecule has 2 aromatic carbocycles. The number of aryl methyl sites for hydroxylation is 2. The molecule has 0 saturated carbocycles. The molecule has 2 heterocycles. The number of benzene rings is 2. The van der Waals surface area contributed by atoms with Gasteiger partial charge in [-0.15, -0.1) is 0 Å². The Morgan fingerprint density at radius 3 is 2.83 bits per heavy atom. The van der Waals surface area contributed by atoms with Gasteiger partial charge < -0.3 is 4.98 Å². The summed E-state index contributed by atoms with van der Waals surface area (Å²) in [6.07, 6.45) is 5.03. The molecule has 0 saturated heterocycles. The zero-order valence-electron chi connectivity index (χ0n) is 13.6. The third-order valence-corrected chi connectivity index (χ3v) is 6.80. The Hall–Kier alpha value is -1.66. The second-order valence-corrected chi connectivity index (χ2v) is 7.85. The summed E-state index contributed by atoms with van der Waals surface area (Å²) in [5, 5.41) is 1.23. The fraction of sp³-hybridized carbons (Fsp3) is 0.150. The standard InChI is InChI=1S/C20H17IN2S/c1-3-13-9-16(8-12(2)19(13)21)20-17(11-23-24-20)14-4-5-18-15(10-14)6-7-22-18/h4-11,22H,3H2,1-2H3. The lowest BCUT2D eigenvalue weighted by Crippen LogP contribution is -1.92. The van der Waals surface area contributed by atoms with Crippen LogP contribution in [0.5, 0.6) is 0 Å². The lowest BCUT2D eigenvalue weighted by atomic mass is 9.99. The van der Waals surface area contributed by atoms with Crippen LogP contribution >= 0.6 is 34.1 Å². The molecular weight excluding hydrogens is 427 g/mol. The first kappa shape index (κ1) is 15.8. The highest BCUT2D eigenvalue weighted by atomic mass is 127. The van der Waals surface area contributed by atoms with Crippen LogP contribution in [0.15, 0.2) is 48.8 Å². The van der Waals surface area contributed by atoms with E-state index in [1.54, 1.807) is 11.5 Å². The molecule has 4 rings (SSSR count). The summed E-state index contributed by atoms with van der Waals surface area (Å²) in [7, 11) is 0. The second kappa shape index (κ2) is 6.33.